The molecule has 2 heterocycles. The van der Waals surface area contributed by atoms with Gasteiger partial charge in [-0.2, -0.15) is 5.26 Å². The molecule has 0 bridgehead atoms. The number of nitrogens with zero attached hydrogens (tertiary/aromatic N) is 2. The molecule has 114 valence electrons. The Labute approximate surface area is 136 Å². The zero-order chi connectivity index (χ0) is 14.8. The van der Waals surface area contributed by atoms with Crippen molar-refractivity contribution in [3.05, 3.63) is 35.4 Å². The largest absolute Gasteiger partial charge is 0.311 e. The number of carbonyl (C=O) groups excluding carboxylic acids is 1. The van der Waals surface area contributed by atoms with Crippen LogP contribution in [0.15, 0.2) is 24.3 Å². The monoisotopic (exact) mass is 315 g/mol. The van der Waals surface area contributed by atoms with Crippen molar-refractivity contribution < 1.29 is 4.79 Å². The Morgan fingerprint density at radius 2 is 1.95 bits per heavy atom. The van der Waals surface area contributed by atoms with E-state index in [-0.39, 0.29) is 30.4 Å². The molecule has 1 fully saturated rings. The van der Waals surface area contributed by atoms with Crippen molar-refractivity contribution in [2.75, 3.05) is 0 Å². The average Bonchev–Trinajstić information content (AvgIpc) is 2.96. The molecule has 0 radical (unpaired) electrons. The van der Waals surface area contributed by atoms with E-state index >= 15 is 0 Å². The number of nitrogens with one attached hydrogen (secondary N) is 1. The summed E-state index contributed by atoms with van der Waals surface area (Å²) in [5.41, 5.74) is 2.42. The number of likely N-dealkylation sites (tertiary alicyclic amines) is 1. The van der Waals surface area contributed by atoms with Crippen LogP contribution in [0.3, 0.4) is 0 Å². The van der Waals surface area contributed by atoms with Gasteiger partial charge in [0.1, 0.15) is 6.04 Å². The van der Waals surface area contributed by atoms with E-state index in [4.69, 9.17) is 6.42 Å². The van der Waals surface area contributed by atoms with E-state index in [1.54, 1.807) is 4.90 Å². The third kappa shape index (κ3) is 2.81. The molecule has 22 heavy (non-hydrogen) atoms. The van der Waals surface area contributed by atoms with Crippen LogP contribution in [0, 0.1) is 23.7 Å². The second-order valence-electron chi connectivity index (χ2n) is 5.56. The van der Waals surface area contributed by atoms with Gasteiger partial charge in [-0.05, 0) is 30.4 Å². The molecule has 0 unspecified atom stereocenters. The summed E-state index contributed by atoms with van der Waals surface area (Å²) in [5.74, 6) is 2.60. The molecule has 2 aliphatic rings. The van der Waals surface area contributed by atoms with Gasteiger partial charge in [0.25, 0.3) is 0 Å². The highest BCUT2D eigenvalue weighted by Gasteiger charge is 2.39. The minimum atomic E-state index is -0.391. The number of benzene rings is 1. The third-order valence-electron chi connectivity index (χ3n) is 4.36. The van der Waals surface area contributed by atoms with Gasteiger partial charge in [0.2, 0.25) is 5.91 Å². The minimum absolute atomic E-state index is 0. The first-order valence-electron chi connectivity index (χ1n) is 7.22. The summed E-state index contributed by atoms with van der Waals surface area (Å²) in [5, 5.41) is 12.5. The van der Waals surface area contributed by atoms with E-state index in [0.29, 0.717) is 25.8 Å². The predicted octanol–water partition coefficient (Wildman–Crippen LogP) is 1.64. The van der Waals surface area contributed by atoms with E-state index in [9.17, 15) is 10.1 Å². The fourth-order valence-electron chi connectivity index (χ4n) is 3.22. The van der Waals surface area contributed by atoms with E-state index in [1.807, 2.05) is 12.1 Å². The van der Waals surface area contributed by atoms with Crippen LogP contribution < -0.4 is 5.32 Å². The highest BCUT2D eigenvalue weighted by atomic mass is 35.5. The minimum Gasteiger partial charge on any atom is -0.311 e. The molecular formula is C17H18ClN3O. The molecule has 1 aromatic rings. The molecular weight excluding hydrogens is 298 g/mol. The van der Waals surface area contributed by atoms with Crippen LogP contribution in [-0.2, 0) is 17.8 Å². The first kappa shape index (κ1) is 16.4. The Balaban J connectivity index is 0.00000176. The van der Waals surface area contributed by atoms with Gasteiger partial charge in [0.15, 0.2) is 0 Å². The fourth-order valence-corrected chi connectivity index (χ4v) is 3.22. The summed E-state index contributed by atoms with van der Waals surface area (Å²) in [4.78, 5) is 14.4. The zero-order valence-corrected chi connectivity index (χ0v) is 13.0. The summed E-state index contributed by atoms with van der Waals surface area (Å²) in [6, 6.07) is 9.39. The third-order valence-corrected chi connectivity index (χ3v) is 4.36. The quantitative estimate of drug-likeness (QED) is 0.802. The van der Waals surface area contributed by atoms with Crippen molar-refractivity contribution >= 4 is 18.3 Å². The molecule has 1 amide bonds. The molecule has 4 nitrogen and oxygen atoms in total. The smallest absolute Gasteiger partial charge is 0.242 e. The highest BCUT2D eigenvalue weighted by Crippen LogP contribution is 2.26. The lowest BCUT2D eigenvalue weighted by Crippen LogP contribution is -2.52. The summed E-state index contributed by atoms with van der Waals surface area (Å²) >= 11 is 0. The maximum atomic E-state index is 12.8. The first-order chi connectivity index (χ1) is 10.2. The summed E-state index contributed by atoms with van der Waals surface area (Å²) < 4.78 is 0. The van der Waals surface area contributed by atoms with E-state index in [1.165, 1.54) is 11.1 Å². The van der Waals surface area contributed by atoms with Gasteiger partial charge in [0.05, 0.1) is 18.2 Å². The van der Waals surface area contributed by atoms with Gasteiger partial charge in [-0.25, -0.2) is 0 Å². The van der Waals surface area contributed by atoms with Crippen molar-refractivity contribution in [2.24, 2.45) is 0 Å². The van der Waals surface area contributed by atoms with Crippen LogP contribution in [-0.4, -0.2) is 28.9 Å². The van der Waals surface area contributed by atoms with Gasteiger partial charge >= 0.3 is 0 Å². The fraction of sp³-hybridized carbons (Fsp3) is 0.412. The van der Waals surface area contributed by atoms with Gasteiger partial charge in [-0.1, -0.05) is 30.2 Å². The molecule has 1 aromatic carbocycles. The van der Waals surface area contributed by atoms with Crippen LogP contribution in [0.1, 0.15) is 24.0 Å². The number of nitriles is 1. The van der Waals surface area contributed by atoms with Crippen LogP contribution in [0.4, 0.5) is 0 Å². The topological polar surface area (TPSA) is 56.1 Å². The molecule has 5 heteroatoms. The molecule has 2 aliphatic heterocycles. The summed E-state index contributed by atoms with van der Waals surface area (Å²) in [7, 11) is 0. The van der Waals surface area contributed by atoms with Crippen molar-refractivity contribution in [3.8, 4) is 18.4 Å². The van der Waals surface area contributed by atoms with E-state index in [0.717, 1.165) is 0 Å². The van der Waals surface area contributed by atoms with E-state index in [2.05, 4.69) is 29.4 Å². The Kier molecular flexibility index (Phi) is 5.08. The first-order valence-corrected chi connectivity index (χ1v) is 7.22. The molecule has 3 atom stereocenters. The summed E-state index contributed by atoms with van der Waals surface area (Å²) in [6.07, 6.45) is 7.54. The predicted molar refractivity (Wildman–Crippen MR) is 86.1 cm³/mol. The second-order valence-corrected chi connectivity index (χ2v) is 5.56. The van der Waals surface area contributed by atoms with Gasteiger partial charge in [0, 0.05) is 6.54 Å². The Morgan fingerprint density at radius 1 is 1.27 bits per heavy atom. The maximum absolute atomic E-state index is 12.8. The standard InChI is InChI=1S/C17H17N3O.ClH/c1-2-14-7-8-15(10-18)20(14)17(21)16-9-12-5-3-4-6-13(12)11-19-16;/h1,3-6,14-16,19H,7-9,11H2;1H/t14-,15+,16-;/m0./s1. The van der Waals surface area contributed by atoms with E-state index < -0.39 is 6.04 Å². The van der Waals surface area contributed by atoms with Crippen LogP contribution in [0.2, 0.25) is 0 Å². The van der Waals surface area contributed by atoms with Crippen molar-refractivity contribution in [1.82, 2.24) is 10.2 Å². The normalized spacial score (nSPS) is 26.3. The van der Waals surface area contributed by atoms with Gasteiger partial charge in [-0.3, -0.25) is 4.79 Å². The SMILES string of the molecule is C#C[C@H]1CC[C@H](C#N)N1C(=O)[C@@H]1Cc2ccccc2CN1.Cl. The van der Waals surface area contributed by atoms with Gasteiger partial charge in [-0.15, -0.1) is 18.8 Å². The lowest BCUT2D eigenvalue weighted by Gasteiger charge is -2.32. The number of hydrogen-bond donors (Lipinski definition) is 1. The van der Waals surface area contributed by atoms with Gasteiger partial charge < -0.3 is 10.2 Å². The Hall–Kier alpha value is -2.01. The average molecular weight is 316 g/mol. The molecule has 1 saturated heterocycles. The lowest BCUT2D eigenvalue weighted by molar-refractivity contribution is -0.134. The van der Waals surface area contributed by atoms with Crippen molar-refractivity contribution in [1.29, 1.82) is 5.26 Å². The zero-order valence-electron chi connectivity index (χ0n) is 12.2. The molecule has 1 N–H and O–H groups in total. The number of rotatable bonds is 1. The molecule has 0 spiro atoms. The van der Waals surface area contributed by atoms with Crippen LogP contribution in [0.5, 0.6) is 0 Å². The number of fused-ring (bicyclic) bond motifs is 1. The number of hydrogen-bond acceptors (Lipinski definition) is 3. The number of terminal acetylenes is 1. The Morgan fingerprint density at radius 3 is 2.64 bits per heavy atom. The number of carbonyl (C=O) groups is 1. The second kappa shape index (κ2) is 6.83. The number of halogens is 1. The van der Waals surface area contributed by atoms with Crippen LogP contribution >= 0.6 is 12.4 Å². The van der Waals surface area contributed by atoms with Crippen molar-refractivity contribution in [3.63, 3.8) is 0 Å². The number of amides is 1. The Bertz CT molecular complexity index is 624. The molecule has 0 aromatic heterocycles. The van der Waals surface area contributed by atoms with Crippen molar-refractivity contribution in [2.45, 2.75) is 43.9 Å². The summed E-state index contributed by atoms with van der Waals surface area (Å²) in [6.45, 7) is 0.679. The highest BCUT2D eigenvalue weighted by molar-refractivity contribution is 5.85. The maximum Gasteiger partial charge on any atom is 0.242 e. The lowest BCUT2D eigenvalue weighted by atomic mass is 9.95. The molecule has 0 saturated carbocycles. The van der Waals surface area contributed by atoms with Crippen LogP contribution in [0.25, 0.3) is 0 Å². The molecule has 3 rings (SSSR count). The molecule has 0 aliphatic carbocycles.